The van der Waals surface area contributed by atoms with Gasteiger partial charge in [-0.15, -0.1) is 0 Å². The molecule has 0 saturated heterocycles. The Morgan fingerprint density at radius 2 is 0.788 bits per heavy atom. The van der Waals surface area contributed by atoms with Crippen LogP contribution in [0.15, 0.2) is 231 Å². The number of rotatable bonds is 5. The van der Waals surface area contributed by atoms with Gasteiger partial charge in [0.1, 0.15) is 0 Å². The third kappa shape index (κ3) is 5.30. The molecule has 0 atom stereocenters. The molecular weight excluding hydrogens is 801 g/mol. The first-order valence-electron chi connectivity index (χ1n) is 22.6. The highest BCUT2D eigenvalue weighted by Gasteiger charge is 2.51. The van der Waals surface area contributed by atoms with Gasteiger partial charge in [-0.25, -0.2) is 15.0 Å². The van der Waals surface area contributed by atoms with Gasteiger partial charge in [-0.3, -0.25) is 0 Å². The second kappa shape index (κ2) is 14.1. The van der Waals surface area contributed by atoms with Crippen molar-refractivity contribution in [1.82, 2.24) is 19.5 Å². The van der Waals surface area contributed by atoms with Crippen LogP contribution in [-0.2, 0) is 5.41 Å². The van der Waals surface area contributed by atoms with Crippen LogP contribution >= 0.6 is 0 Å². The SMILES string of the molecule is c1ccc(-c2nc(-c3cccc(-c4cccc(-n5c6ccccc6c6cc7ccccc7cc65)c4)c3)nc(-c3ccc4c(c3)C3(c5ccccc5-c5ccccc53)c3ccccc3-4)n2)cc1. The molecule has 14 rings (SSSR count). The summed E-state index contributed by atoms with van der Waals surface area (Å²) in [4.78, 5) is 15.8. The number of nitrogens with zero attached hydrogens (tertiary/aromatic N) is 4. The largest absolute Gasteiger partial charge is 0.309 e. The zero-order valence-corrected chi connectivity index (χ0v) is 35.7. The van der Waals surface area contributed by atoms with Crippen molar-refractivity contribution in [3.05, 3.63) is 253 Å². The molecular formula is C62H38N4. The summed E-state index contributed by atoms with van der Waals surface area (Å²) in [7, 11) is 0. The van der Waals surface area contributed by atoms with Crippen LogP contribution < -0.4 is 0 Å². The van der Waals surface area contributed by atoms with Crippen molar-refractivity contribution in [2.24, 2.45) is 0 Å². The molecule has 0 saturated carbocycles. The molecule has 12 aromatic rings. The topological polar surface area (TPSA) is 43.6 Å². The van der Waals surface area contributed by atoms with E-state index in [-0.39, 0.29) is 0 Å². The minimum absolute atomic E-state index is 0.469. The van der Waals surface area contributed by atoms with E-state index in [9.17, 15) is 0 Å². The van der Waals surface area contributed by atoms with Crippen LogP contribution in [0.3, 0.4) is 0 Å². The third-order valence-electron chi connectivity index (χ3n) is 14.0. The maximum absolute atomic E-state index is 5.34. The lowest BCUT2D eigenvalue weighted by molar-refractivity contribution is 0.794. The number of hydrogen-bond acceptors (Lipinski definition) is 3. The first-order valence-corrected chi connectivity index (χ1v) is 22.6. The van der Waals surface area contributed by atoms with Gasteiger partial charge in [0.15, 0.2) is 17.5 Å². The second-order valence-corrected chi connectivity index (χ2v) is 17.5. The zero-order valence-electron chi connectivity index (χ0n) is 35.7. The summed E-state index contributed by atoms with van der Waals surface area (Å²) in [6.45, 7) is 0. The molecule has 10 aromatic carbocycles. The standard InChI is InChI=1S/C62H38N4/c1-2-16-39(17-3-1)59-63-60(44-22-14-20-40(34-44)41-21-15-23-46(35-41)66-57-31-13-9-27-51(57)52-36-42-18-4-5-19-43(42)38-58(52)66)65-61(64-59)45-32-33-50-49-26-8-12-30-55(49)62(56(50)37-45)53-28-10-6-24-47(53)48-25-7-11-29-54(48)62/h1-38H. The molecule has 306 valence electrons. The summed E-state index contributed by atoms with van der Waals surface area (Å²) in [5, 5.41) is 4.96. The molecule has 66 heavy (non-hydrogen) atoms. The van der Waals surface area contributed by atoms with Crippen LogP contribution in [-0.4, -0.2) is 19.5 Å². The summed E-state index contributed by atoms with van der Waals surface area (Å²) in [6, 6.07) is 83.3. The highest BCUT2D eigenvalue weighted by molar-refractivity contribution is 6.13. The van der Waals surface area contributed by atoms with Crippen molar-refractivity contribution >= 4 is 32.6 Å². The Labute approximate surface area is 381 Å². The maximum atomic E-state index is 5.34. The van der Waals surface area contributed by atoms with Crippen LogP contribution in [0, 0.1) is 0 Å². The summed E-state index contributed by atoms with van der Waals surface area (Å²) >= 11 is 0. The molecule has 0 aliphatic heterocycles. The number of hydrogen-bond donors (Lipinski definition) is 0. The van der Waals surface area contributed by atoms with Gasteiger partial charge in [-0.1, -0.05) is 188 Å². The highest BCUT2D eigenvalue weighted by atomic mass is 15.0. The monoisotopic (exact) mass is 838 g/mol. The molecule has 0 N–H and O–H groups in total. The highest BCUT2D eigenvalue weighted by Crippen LogP contribution is 2.63. The second-order valence-electron chi connectivity index (χ2n) is 17.5. The fourth-order valence-electron chi connectivity index (χ4n) is 11.2. The van der Waals surface area contributed by atoms with E-state index in [1.165, 1.54) is 77.1 Å². The lowest BCUT2D eigenvalue weighted by atomic mass is 9.70. The molecule has 2 aliphatic carbocycles. The van der Waals surface area contributed by atoms with Crippen molar-refractivity contribution < 1.29 is 0 Å². The average molecular weight is 839 g/mol. The van der Waals surface area contributed by atoms with Crippen molar-refractivity contribution in [2.45, 2.75) is 5.41 Å². The molecule has 1 spiro atoms. The molecule has 0 amide bonds. The van der Waals surface area contributed by atoms with Gasteiger partial charge >= 0.3 is 0 Å². The van der Waals surface area contributed by atoms with Crippen LogP contribution in [0.5, 0.6) is 0 Å². The molecule has 0 bridgehead atoms. The Morgan fingerprint density at radius 3 is 1.48 bits per heavy atom. The van der Waals surface area contributed by atoms with E-state index in [0.717, 1.165) is 33.5 Å². The lowest BCUT2D eigenvalue weighted by Crippen LogP contribution is -2.25. The fraction of sp³-hybridized carbons (Fsp3) is 0.0161. The summed E-state index contributed by atoms with van der Waals surface area (Å²) in [5.74, 6) is 1.90. The van der Waals surface area contributed by atoms with E-state index < -0.39 is 5.41 Å². The maximum Gasteiger partial charge on any atom is 0.164 e. The smallest absolute Gasteiger partial charge is 0.164 e. The number of aromatic nitrogens is 4. The molecule has 2 heterocycles. The Bertz CT molecular complexity index is 3890. The Kier molecular flexibility index (Phi) is 7.87. The Hall–Kier alpha value is -8.73. The minimum Gasteiger partial charge on any atom is -0.309 e. The first-order chi connectivity index (χ1) is 32.7. The van der Waals surface area contributed by atoms with E-state index in [1.54, 1.807) is 0 Å². The van der Waals surface area contributed by atoms with E-state index >= 15 is 0 Å². The quantitative estimate of drug-likeness (QED) is 0.173. The van der Waals surface area contributed by atoms with E-state index in [4.69, 9.17) is 15.0 Å². The Morgan fingerprint density at radius 1 is 0.288 bits per heavy atom. The summed E-state index contributed by atoms with van der Waals surface area (Å²) < 4.78 is 2.40. The molecule has 4 nitrogen and oxygen atoms in total. The van der Waals surface area contributed by atoms with Crippen molar-refractivity contribution in [3.63, 3.8) is 0 Å². The van der Waals surface area contributed by atoms with Gasteiger partial charge in [0.25, 0.3) is 0 Å². The summed E-state index contributed by atoms with van der Waals surface area (Å²) in [6.07, 6.45) is 0. The van der Waals surface area contributed by atoms with Crippen LogP contribution in [0.4, 0.5) is 0 Å². The first kappa shape index (κ1) is 36.7. The summed E-state index contributed by atoms with van der Waals surface area (Å²) in [5.41, 5.74) is 18.3. The van der Waals surface area contributed by atoms with E-state index in [1.807, 2.05) is 18.2 Å². The van der Waals surface area contributed by atoms with Crippen molar-refractivity contribution in [3.8, 4) is 73.2 Å². The van der Waals surface area contributed by atoms with E-state index in [2.05, 4.69) is 217 Å². The van der Waals surface area contributed by atoms with Crippen molar-refractivity contribution in [2.75, 3.05) is 0 Å². The van der Waals surface area contributed by atoms with Gasteiger partial charge < -0.3 is 4.57 Å². The molecule has 0 unspecified atom stereocenters. The Balaban J connectivity index is 0.919. The predicted octanol–water partition coefficient (Wildman–Crippen LogP) is 15.1. The van der Waals surface area contributed by atoms with Gasteiger partial charge in [0.05, 0.1) is 16.4 Å². The molecule has 2 aliphatic rings. The van der Waals surface area contributed by atoms with Crippen LogP contribution in [0.25, 0.3) is 106 Å². The number of benzene rings is 10. The van der Waals surface area contributed by atoms with Gasteiger partial charge in [-0.2, -0.15) is 0 Å². The normalized spacial score (nSPS) is 13.0. The molecule has 2 aromatic heterocycles. The van der Waals surface area contributed by atoms with Gasteiger partial charge in [0.2, 0.25) is 0 Å². The van der Waals surface area contributed by atoms with E-state index in [0.29, 0.717) is 17.5 Å². The minimum atomic E-state index is -0.469. The number of fused-ring (bicyclic) bond motifs is 14. The number of para-hydroxylation sites is 1. The molecule has 0 fully saturated rings. The van der Waals surface area contributed by atoms with Gasteiger partial charge in [0, 0.05) is 33.2 Å². The van der Waals surface area contributed by atoms with Crippen LogP contribution in [0.1, 0.15) is 22.3 Å². The molecule has 4 heteroatoms. The average Bonchev–Trinajstić information content (AvgIpc) is 3.99. The molecule has 0 radical (unpaired) electrons. The van der Waals surface area contributed by atoms with Crippen molar-refractivity contribution in [1.29, 1.82) is 0 Å². The lowest BCUT2D eigenvalue weighted by Gasteiger charge is -2.30. The van der Waals surface area contributed by atoms with Crippen LogP contribution in [0.2, 0.25) is 0 Å². The predicted molar refractivity (Wildman–Crippen MR) is 270 cm³/mol. The zero-order chi connectivity index (χ0) is 43.3. The van der Waals surface area contributed by atoms with Gasteiger partial charge in [-0.05, 0) is 109 Å². The third-order valence-corrected chi connectivity index (χ3v) is 14.0. The fourth-order valence-corrected chi connectivity index (χ4v) is 11.2.